The molecule has 31 heavy (non-hydrogen) atoms. The quantitative estimate of drug-likeness (QED) is 0.283. The SMILES string of the molecule is Cc1ccc(S(=O)(=O)Oc2ccc(C(=O)COC(=O)Cc3ccc(Cl)cc3)cc2)cc1. The fourth-order valence-corrected chi connectivity index (χ4v) is 3.68. The summed E-state index contributed by atoms with van der Waals surface area (Å²) in [5.74, 6) is -0.894. The van der Waals surface area contributed by atoms with E-state index in [2.05, 4.69) is 0 Å². The first-order valence-corrected chi connectivity index (χ1v) is 11.1. The van der Waals surface area contributed by atoms with E-state index < -0.39 is 28.5 Å². The molecule has 3 aromatic carbocycles. The van der Waals surface area contributed by atoms with Crippen molar-refractivity contribution in [3.8, 4) is 5.75 Å². The van der Waals surface area contributed by atoms with Gasteiger partial charge in [0.1, 0.15) is 10.6 Å². The summed E-state index contributed by atoms with van der Waals surface area (Å²) >= 11 is 5.80. The maximum absolute atomic E-state index is 12.3. The molecule has 0 saturated heterocycles. The van der Waals surface area contributed by atoms with Crippen molar-refractivity contribution in [2.45, 2.75) is 18.2 Å². The van der Waals surface area contributed by atoms with E-state index in [0.717, 1.165) is 11.1 Å². The largest absolute Gasteiger partial charge is 0.457 e. The van der Waals surface area contributed by atoms with Gasteiger partial charge in [-0.3, -0.25) is 9.59 Å². The van der Waals surface area contributed by atoms with Crippen molar-refractivity contribution in [1.29, 1.82) is 0 Å². The second-order valence-corrected chi connectivity index (χ2v) is 8.74. The van der Waals surface area contributed by atoms with Gasteiger partial charge in [0, 0.05) is 10.6 Å². The van der Waals surface area contributed by atoms with Crippen LogP contribution in [0.1, 0.15) is 21.5 Å². The molecule has 3 aromatic rings. The van der Waals surface area contributed by atoms with Crippen LogP contribution in [0.25, 0.3) is 0 Å². The fraction of sp³-hybridized carbons (Fsp3) is 0.130. The lowest BCUT2D eigenvalue weighted by Gasteiger charge is -2.08. The Bertz CT molecular complexity index is 1170. The second-order valence-electron chi connectivity index (χ2n) is 6.76. The van der Waals surface area contributed by atoms with Crippen LogP contribution in [-0.4, -0.2) is 26.8 Å². The zero-order valence-corrected chi connectivity index (χ0v) is 18.2. The predicted octanol–water partition coefficient (Wildman–Crippen LogP) is 4.38. The number of hydrogen-bond donors (Lipinski definition) is 0. The highest BCUT2D eigenvalue weighted by atomic mass is 35.5. The number of benzene rings is 3. The molecule has 0 aliphatic carbocycles. The number of halogens is 1. The molecule has 0 atom stereocenters. The van der Waals surface area contributed by atoms with Gasteiger partial charge in [-0.05, 0) is 61.0 Å². The van der Waals surface area contributed by atoms with Crippen LogP contribution < -0.4 is 4.18 Å². The second kappa shape index (κ2) is 9.76. The highest BCUT2D eigenvalue weighted by Crippen LogP contribution is 2.20. The van der Waals surface area contributed by atoms with Crippen molar-refractivity contribution in [2.24, 2.45) is 0 Å². The molecular weight excluding hydrogens is 440 g/mol. The summed E-state index contributed by atoms with van der Waals surface area (Å²) in [6.07, 6.45) is 0.0219. The van der Waals surface area contributed by atoms with Crippen LogP contribution in [0.15, 0.2) is 77.7 Å². The number of rotatable bonds is 8. The Morgan fingerprint density at radius 2 is 1.48 bits per heavy atom. The summed E-state index contributed by atoms with van der Waals surface area (Å²) in [5.41, 5.74) is 1.91. The van der Waals surface area contributed by atoms with Crippen molar-refractivity contribution in [2.75, 3.05) is 6.61 Å². The monoisotopic (exact) mass is 458 g/mol. The molecular formula is C23H19ClO6S. The first kappa shape index (κ1) is 22.5. The van der Waals surface area contributed by atoms with E-state index in [1.807, 2.05) is 6.92 Å². The van der Waals surface area contributed by atoms with Gasteiger partial charge in [0.15, 0.2) is 12.4 Å². The molecule has 6 nitrogen and oxygen atoms in total. The molecule has 0 aromatic heterocycles. The normalized spacial score (nSPS) is 11.0. The third-order valence-electron chi connectivity index (χ3n) is 4.32. The number of carbonyl (C=O) groups excluding carboxylic acids is 2. The van der Waals surface area contributed by atoms with Gasteiger partial charge in [0.25, 0.3) is 0 Å². The van der Waals surface area contributed by atoms with Crippen LogP contribution in [0.2, 0.25) is 5.02 Å². The predicted molar refractivity (Wildman–Crippen MR) is 116 cm³/mol. The van der Waals surface area contributed by atoms with Gasteiger partial charge < -0.3 is 8.92 Å². The number of ether oxygens (including phenoxy) is 1. The molecule has 0 fully saturated rings. The van der Waals surface area contributed by atoms with E-state index in [1.165, 1.54) is 36.4 Å². The van der Waals surface area contributed by atoms with Gasteiger partial charge >= 0.3 is 16.1 Å². The zero-order valence-electron chi connectivity index (χ0n) is 16.6. The van der Waals surface area contributed by atoms with Gasteiger partial charge in [-0.1, -0.05) is 41.4 Å². The third kappa shape index (κ3) is 6.41. The van der Waals surface area contributed by atoms with E-state index >= 15 is 0 Å². The molecule has 0 heterocycles. The first-order chi connectivity index (χ1) is 14.7. The van der Waals surface area contributed by atoms with Crippen LogP contribution >= 0.6 is 11.6 Å². The van der Waals surface area contributed by atoms with Crippen molar-refractivity contribution in [3.05, 3.63) is 94.5 Å². The molecule has 0 spiro atoms. The highest BCUT2D eigenvalue weighted by Gasteiger charge is 2.17. The Hall–Kier alpha value is -3.16. The van der Waals surface area contributed by atoms with Crippen LogP contribution in [0, 0.1) is 6.92 Å². The number of ketones is 1. The van der Waals surface area contributed by atoms with Gasteiger partial charge in [-0.15, -0.1) is 0 Å². The summed E-state index contributed by atoms with van der Waals surface area (Å²) in [4.78, 5) is 24.2. The molecule has 0 bridgehead atoms. The summed E-state index contributed by atoms with van der Waals surface area (Å²) in [6, 6.07) is 18.6. The molecule has 0 aliphatic heterocycles. The van der Waals surface area contributed by atoms with Crippen LogP contribution in [0.3, 0.4) is 0 Å². The van der Waals surface area contributed by atoms with Gasteiger partial charge in [0.05, 0.1) is 6.42 Å². The van der Waals surface area contributed by atoms with Gasteiger partial charge in [-0.2, -0.15) is 8.42 Å². The minimum Gasteiger partial charge on any atom is -0.457 e. The van der Waals surface area contributed by atoms with Crippen LogP contribution in [0.5, 0.6) is 5.75 Å². The van der Waals surface area contributed by atoms with Gasteiger partial charge in [0.2, 0.25) is 0 Å². The molecule has 0 unspecified atom stereocenters. The molecule has 3 rings (SSSR count). The smallest absolute Gasteiger partial charge is 0.339 e. The van der Waals surface area contributed by atoms with E-state index in [4.69, 9.17) is 20.5 Å². The maximum atomic E-state index is 12.3. The summed E-state index contributed by atoms with van der Waals surface area (Å²) in [6.45, 7) is 1.43. The molecule has 0 N–H and O–H groups in total. The Labute approximate surface area is 185 Å². The topological polar surface area (TPSA) is 86.7 Å². The lowest BCUT2D eigenvalue weighted by atomic mass is 10.1. The summed E-state index contributed by atoms with van der Waals surface area (Å²) < 4.78 is 34.8. The Morgan fingerprint density at radius 3 is 2.10 bits per heavy atom. The molecule has 0 amide bonds. The van der Waals surface area contributed by atoms with Crippen LogP contribution in [-0.2, 0) is 26.1 Å². The number of carbonyl (C=O) groups is 2. The van der Waals surface area contributed by atoms with Crippen molar-refractivity contribution >= 4 is 33.5 Å². The van der Waals surface area contributed by atoms with Gasteiger partial charge in [-0.25, -0.2) is 0 Å². The molecule has 160 valence electrons. The average Bonchev–Trinajstić information content (AvgIpc) is 2.74. The Balaban J connectivity index is 1.55. The number of Topliss-reactive ketones (excluding diaryl/α,β-unsaturated/α-hetero) is 1. The molecule has 0 saturated carbocycles. The highest BCUT2D eigenvalue weighted by molar-refractivity contribution is 7.87. The standard InChI is InChI=1S/C23H19ClO6S/c1-16-2-12-21(13-3-16)31(27,28)30-20-10-6-18(7-11-20)22(25)15-29-23(26)14-17-4-8-19(24)9-5-17/h2-13H,14-15H2,1H3. The minimum absolute atomic E-state index is 0.0219. The summed E-state index contributed by atoms with van der Waals surface area (Å²) in [5, 5.41) is 0.561. The van der Waals surface area contributed by atoms with Crippen LogP contribution in [0.4, 0.5) is 0 Å². The maximum Gasteiger partial charge on any atom is 0.339 e. The molecule has 0 radical (unpaired) electrons. The Morgan fingerprint density at radius 1 is 0.871 bits per heavy atom. The summed E-state index contributed by atoms with van der Waals surface area (Å²) in [7, 11) is -3.98. The average molecular weight is 459 g/mol. The number of aryl methyl sites for hydroxylation is 1. The Kier molecular flexibility index (Phi) is 7.09. The van der Waals surface area contributed by atoms with E-state index in [9.17, 15) is 18.0 Å². The van der Waals surface area contributed by atoms with E-state index in [1.54, 1.807) is 36.4 Å². The first-order valence-electron chi connectivity index (χ1n) is 9.27. The van der Waals surface area contributed by atoms with Crippen molar-refractivity contribution in [3.63, 3.8) is 0 Å². The lowest BCUT2D eigenvalue weighted by molar-refractivity contribution is -0.141. The van der Waals surface area contributed by atoms with Crippen molar-refractivity contribution in [1.82, 2.24) is 0 Å². The third-order valence-corrected chi connectivity index (χ3v) is 5.83. The zero-order chi connectivity index (χ0) is 22.4. The molecule has 0 aliphatic rings. The van der Waals surface area contributed by atoms with E-state index in [0.29, 0.717) is 5.02 Å². The number of hydrogen-bond acceptors (Lipinski definition) is 6. The lowest BCUT2D eigenvalue weighted by Crippen LogP contribution is -2.15. The minimum atomic E-state index is -3.98. The fourth-order valence-electron chi connectivity index (χ4n) is 2.63. The number of esters is 1. The van der Waals surface area contributed by atoms with E-state index in [-0.39, 0.29) is 22.6 Å². The molecule has 8 heteroatoms. The van der Waals surface area contributed by atoms with Crippen molar-refractivity contribution < 1.29 is 26.9 Å².